The Morgan fingerprint density at radius 1 is 1.22 bits per heavy atom. The minimum Gasteiger partial charge on any atom is -0.436 e. The second kappa shape index (κ2) is 10.2. The molecule has 2 N–H and O–H groups in total. The number of amides is 2. The number of hydrogen-bond acceptors (Lipinski definition) is 7. The summed E-state index contributed by atoms with van der Waals surface area (Å²) in [5.41, 5.74) is 1.07. The summed E-state index contributed by atoms with van der Waals surface area (Å²) in [6.07, 6.45) is 0.710. The van der Waals surface area contributed by atoms with Crippen LogP contribution in [0.3, 0.4) is 0 Å². The number of hydrogen-bond donors (Lipinski definition) is 2. The van der Waals surface area contributed by atoms with E-state index in [1.165, 1.54) is 18.3 Å². The summed E-state index contributed by atoms with van der Waals surface area (Å²) >= 11 is 6.03. The SMILES string of the molecule is CN1CC(F)(F)C[C@H]1c1ccc(CNC(=O)c2cnnc(N3CCC4(C3)OC(=O)Nc3ccc(Cl)c(F)c34)c2)cc1. The van der Waals surface area contributed by atoms with Crippen LogP contribution in [0.2, 0.25) is 5.02 Å². The van der Waals surface area contributed by atoms with E-state index in [0.717, 1.165) is 11.1 Å². The molecule has 214 valence electrons. The van der Waals surface area contributed by atoms with E-state index in [2.05, 4.69) is 20.8 Å². The fourth-order valence-electron chi connectivity index (χ4n) is 5.86. The first-order chi connectivity index (χ1) is 19.5. The number of nitrogens with zero attached hydrogens (tertiary/aromatic N) is 4. The van der Waals surface area contributed by atoms with Crippen molar-refractivity contribution in [2.45, 2.75) is 37.0 Å². The number of carbonyl (C=O) groups excluding carboxylic acids is 2. The van der Waals surface area contributed by atoms with Crippen LogP contribution in [0.15, 0.2) is 48.7 Å². The van der Waals surface area contributed by atoms with Gasteiger partial charge in [0, 0.05) is 32.0 Å². The summed E-state index contributed by atoms with van der Waals surface area (Å²) in [6.45, 7) is 0.419. The number of aromatic nitrogens is 2. The lowest BCUT2D eigenvalue weighted by Crippen LogP contribution is -2.42. The van der Waals surface area contributed by atoms with Crippen molar-refractivity contribution in [3.8, 4) is 0 Å². The summed E-state index contributed by atoms with van der Waals surface area (Å²) in [6, 6.07) is 11.4. The highest BCUT2D eigenvalue weighted by atomic mass is 35.5. The molecule has 4 heterocycles. The number of rotatable bonds is 5. The molecule has 0 aliphatic carbocycles. The summed E-state index contributed by atoms with van der Waals surface area (Å²) in [7, 11) is 1.68. The monoisotopic (exact) mass is 586 g/mol. The first-order valence-electron chi connectivity index (χ1n) is 13.0. The summed E-state index contributed by atoms with van der Waals surface area (Å²) in [4.78, 5) is 28.6. The third-order valence-electron chi connectivity index (χ3n) is 7.86. The van der Waals surface area contributed by atoms with Crippen molar-refractivity contribution in [1.82, 2.24) is 20.4 Å². The van der Waals surface area contributed by atoms with Crippen LogP contribution in [0.5, 0.6) is 0 Å². The van der Waals surface area contributed by atoms with Crippen LogP contribution in [0.25, 0.3) is 0 Å². The molecule has 2 saturated heterocycles. The van der Waals surface area contributed by atoms with E-state index < -0.39 is 23.4 Å². The topological polar surface area (TPSA) is 99.7 Å². The van der Waals surface area contributed by atoms with Crippen LogP contribution >= 0.6 is 11.6 Å². The molecule has 0 bridgehead atoms. The van der Waals surface area contributed by atoms with Gasteiger partial charge in [0.25, 0.3) is 11.8 Å². The molecule has 6 rings (SSSR count). The Morgan fingerprint density at radius 2 is 2.00 bits per heavy atom. The number of halogens is 4. The number of carbonyl (C=O) groups is 2. The Hall–Kier alpha value is -3.90. The van der Waals surface area contributed by atoms with E-state index in [0.29, 0.717) is 18.1 Å². The van der Waals surface area contributed by atoms with E-state index in [1.54, 1.807) is 35.0 Å². The molecule has 41 heavy (non-hydrogen) atoms. The van der Waals surface area contributed by atoms with Crippen LogP contribution in [-0.2, 0) is 16.9 Å². The van der Waals surface area contributed by atoms with Crippen LogP contribution in [-0.4, -0.2) is 59.7 Å². The molecule has 2 aromatic carbocycles. The Bertz CT molecular complexity index is 1520. The summed E-state index contributed by atoms with van der Waals surface area (Å²) < 4.78 is 48.2. The highest BCUT2D eigenvalue weighted by Crippen LogP contribution is 2.46. The van der Waals surface area contributed by atoms with Gasteiger partial charge in [-0.15, -0.1) is 5.10 Å². The van der Waals surface area contributed by atoms with Gasteiger partial charge in [0.1, 0.15) is 0 Å². The van der Waals surface area contributed by atoms with Gasteiger partial charge in [0.05, 0.1) is 41.1 Å². The van der Waals surface area contributed by atoms with Crippen LogP contribution in [0.4, 0.5) is 29.5 Å². The Labute approximate surface area is 238 Å². The smallest absolute Gasteiger partial charge is 0.412 e. The standard InChI is InChI=1S/C28H26ClF3N6O3/c1-37-15-28(31,32)11-21(37)17-4-2-16(3-5-17)12-33-25(39)18-10-22(36-34-13-18)38-9-8-27(14-38)23-20(35-26(40)41-27)7-6-19(29)24(23)30/h2-7,10,13,21H,8-9,11-12,14-15H2,1H3,(H,33,39)(H,35,40)/t21-,27?/m0/s1. The van der Waals surface area contributed by atoms with Crippen LogP contribution in [0.1, 0.15) is 45.9 Å². The molecular weight excluding hydrogens is 561 g/mol. The minimum absolute atomic E-state index is 0.0816. The zero-order valence-electron chi connectivity index (χ0n) is 22.0. The van der Waals surface area contributed by atoms with Crippen LogP contribution in [0, 0.1) is 5.82 Å². The normalized spacial score (nSPS) is 23.3. The number of ether oxygens (including phenoxy) is 1. The third-order valence-corrected chi connectivity index (χ3v) is 8.15. The number of alkyl halides is 2. The van der Waals surface area contributed by atoms with Gasteiger partial charge >= 0.3 is 6.09 Å². The van der Waals surface area contributed by atoms with Gasteiger partial charge in [0.15, 0.2) is 17.2 Å². The number of fused-ring (bicyclic) bond motifs is 2. The second-order valence-electron chi connectivity index (χ2n) is 10.7. The Morgan fingerprint density at radius 3 is 2.73 bits per heavy atom. The third kappa shape index (κ3) is 5.17. The molecule has 2 atom stereocenters. The van der Waals surface area contributed by atoms with Gasteiger partial charge in [-0.2, -0.15) is 5.10 Å². The van der Waals surface area contributed by atoms with Crippen molar-refractivity contribution in [3.05, 3.63) is 81.8 Å². The highest BCUT2D eigenvalue weighted by Gasteiger charge is 2.50. The average Bonchev–Trinajstić information content (AvgIpc) is 3.48. The summed E-state index contributed by atoms with van der Waals surface area (Å²) in [5.74, 6) is -3.38. The lowest BCUT2D eigenvalue weighted by atomic mass is 9.89. The minimum atomic E-state index is -2.70. The number of anilines is 2. The maximum atomic E-state index is 15.1. The Kier molecular flexibility index (Phi) is 6.77. The van der Waals surface area contributed by atoms with Crippen molar-refractivity contribution in [2.24, 2.45) is 0 Å². The van der Waals surface area contributed by atoms with Gasteiger partial charge < -0.3 is 15.0 Å². The molecule has 3 aliphatic rings. The van der Waals surface area contributed by atoms with Crippen molar-refractivity contribution in [3.63, 3.8) is 0 Å². The predicted octanol–water partition coefficient (Wildman–Crippen LogP) is 4.88. The average molecular weight is 587 g/mol. The quantitative estimate of drug-likeness (QED) is 0.440. The van der Waals surface area contributed by atoms with E-state index in [-0.39, 0.29) is 60.6 Å². The van der Waals surface area contributed by atoms with Gasteiger partial charge in [-0.3, -0.25) is 15.0 Å². The van der Waals surface area contributed by atoms with Gasteiger partial charge in [-0.1, -0.05) is 35.9 Å². The molecule has 2 fully saturated rings. The largest absolute Gasteiger partial charge is 0.436 e. The molecule has 1 spiro atoms. The molecule has 0 saturated carbocycles. The number of benzene rings is 2. The van der Waals surface area contributed by atoms with Crippen molar-refractivity contribution in [2.75, 3.05) is 36.9 Å². The lowest BCUT2D eigenvalue weighted by Gasteiger charge is -2.35. The molecule has 9 nitrogen and oxygen atoms in total. The predicted molar refractivity (Wildman–Crippen MR) is 145 cm³/mol. The van der Waals surface area contributed by atoms with Gasteiger partial charge in [0.2, 0.25) is 0 Å². The molecule has 1 unspecified atom stereocenters. The number of likely N-dealkylation sites (tertiary alicyclic amines) is 1. The lowest BCUT2D eigenvalue weighted by molar-refractivity contribution is 0.0140. The van der Waals surface area contributed by atoms with E-state index >= 15 is 4.39 Å². The Balaban J connectivity index is 1.13. The zero-order chi connectivity index (χ0) is 28.9. The molecule has 3 aromatic rings. The first-order valence-corrected chi connectivity index (χ1v) is 13.4. The molecule has 0 radical (unpaired) electrons. The second-order valence-corrected chi connectivity index (χ2v) is 11.1. The van der Waals surface area contributed by atoms with E-state index in [4.69, 9.17) is 16.3 Å². The van der Waals surface area contributed by atoms with Crippen molar-refractivity contribution >= 4 is 35.1 Å². The van der Waals surface area contributed by atoms with E-state index in [9.17, 15) is 18.4 Å². The fraction of sp³-hybridized carbons (Fsp3) is 0.357. The van der Waals surface area contributed by atoms with Crippen LogP contribution < -0.4 is 15.5 Å². The molecule has 1 aromatic heterocycles. The zero-order valence-corrected chi connectivity index (χ0v) is 22.7. The van der Waals surface area contributed by atoms with Crippen molar-refractivity contribution in [1.29, 1.82) is 0 Å². The van der Waals surface area contributed by atoms with Gasteiger partial charge in [-0.25, -0.2) is 18.0 Å². The maximum Gasteiger partial charge on any atom is 0.412 e. The number of nitrogens with one attached hydrogen (secondary N) is 2. The fourth-order valence-corrected chi connectivity index (χ4v) is 6.01. The molecule has 13 heteroatoms. The van der Waals surface area contributed by atoms with Crippen molar-refractivity contribution < 1.29 is 27.5 Å². The first kappa shape index (κ1) is 27.3. The highest BCUT2D eigenvalue weighted by molar-refractivity contribution is 6.31. The molecule has 2 amide bonds. The molecule has 3 aliphatic heterocycles. The van der Waals surface area contributed by atoms with E-state index in [1.807, 2.05) is 12.1 Å². The molecular formula is C28H26ClF3N6O3. The maximum absolute atomic E-state index is 15.1. The summed E-state index contributed by atoms with van der Waals surface area (Å²) in [5, 5.41) is 13.4. The van der Waals surface area contributed by atoms with Gasteiger partial charge in [-0.05, 0) is 36.4 Å².